The molecule has 98 valence electrons. The molecular formula is C13H22O4. The van der Waals surface area contributed by atoms with Crippen molar-refractivity contribution in [2.45, 2.75) is 69.2 Å². The molecule has 4 nitrogen and oxygen atoms in total. The van der Waals surface area contributed by atoms with Crippen molar-refractivity contribution in [1.82, 2.24) is 0 Å². The molecule has 0 aromatic heterocycles. The summed E-state index contributed by atoms with van der Waals surface area (Å²) in [6, 6.07) is 0. The van der Waals surface area contributed by atoms with Crippen molar-refractivity contribution in [1.29, 1.82) is 0 Å². The highest BCUT2D eigenvalue weighted by molar-refractivity contribution is 4.94. The molecule has 2 N–H and O–H groups in total. The van der Waals surface area contributed by atoms with Crippen molar-refractivity contribution in [3.63, 3.8) is 0 Å². The van der Waals surface area contributed by atoms with Gasteiger partial charge >= 0.3 is 0 Å². The van der Waals surface area contributed by atoms with Crippen LogP contribution < -0.4 is 0 Å². The van der Waals surface area contributed by atoms with Gasteiger partial charge in [0.1, 0.15) is 0 Å². The maximum atomic E-state index is 10.0. The summed E-state index contributed by atoms with van der Waals surface area (Å²) in [6.07, 6.45) is 2.63. The Bertz CT molecular complexity index is 268. The highest BCUT2D eigenvalue weighted by Crippen LogP contribution is 2.33. The Morgan fingerprint density at radius 3 is 2.47 bits per heavy atom. The fourth-order valence-electron chi connectivity index (χ4n) is 2.75. The van der Waals surface area contributed by atoms with Gasteiger partial charge in [0.25, 0.3) is 0 Å². The zero-order valence-electron chi connectivity index (χ0n) is 10.3. The number of ether oxygens (including phenoxy) is 2. The van der Waals surface area contributed by atoms with Gasteiger partial charge in [0.05, 0.1) is 36.6 Å². The number of hydrogen-bond donors (Lipinski definition) is 2. The lowest BCUT2D eigenvalue weighted by atomic mass is 9.96. The first-order valence-corrected chi connectivity index (χ1v) is 6.43. The van der Waals surface area contributed by atoms with Crippen molar-refractivity contribution in [2.75, 3.05) is 0 Å². The standard InChI is InChI=1S/C13H22O4/c1-3-5-11-13-7-12(17-11)9(15)6-8(14)10(4-2)16-13/h3,8-15H,1,4-7H2,2H3/t8-,9+,10-,11+,12+,13+/m1/s1. The summed E-state index contributed by atoms with van der Waals surface area (Å²) in [4.78, 5) is 0. The first-order chi connectivity index (χ1) is 8.15. The molecule has 2 bridgehead atoms. The summed E-state index contributed by atoms with van der Waals surface area (Å²) < 4.78 is 11.7. The quantitative estimate of drug-likeness (QED) is 0.725. The molecule has 0 saturated carbocycles. The first-order valence-electron chi connectivity index (χ1n) is 6.43. The molecule has 2 rings (SSSR count). The van der Waals surface area contributed by atoms with E-state index in [2.05, 4.69) is 6.58 Å². The molecule has 2 saturated heterocycles. The highest BCUT2D eigenvalue weighted by atomic mass is 16.6. The van der Waals surface area contributed by atoms with E-state index in [1.807, 2.05) is 13.0 Å². The molecule has 0 radical (unpaired) electrons. The lowest BCUT2D eigenvalue weighted by Crippen LogP contribution is -2.41. The molecule has 6 atom stereocenters. The first kappa shape index (κ1) is 13.0. The SMILES string of the molecule is C=CC[C@@H]1O[C@H]2C[C@@H]1O[C@H](CC)[C@H](O)C[C@@H]2O. The van der Waals surface area contributed by atoms with E-state index in [0.717, 1.165) is 12.8 Å². The molecule has 2 aliphatic rings. The van der Waals surface area contributed by atoms with Gasteiger partial charge < -0.3 is 19.7 Å². The van der Waals surface area contributed by atoms with Crippen LogP contribution in [0.15, 0.2) is 12.7 Å². The van der Waals surface area contributed by atoms with Gasteiger partial charge in [-0.2, -0.15) is 0 Å². The van der Waals surface area contributed by atoms with Gasteiger partial charge in [-0.25, -0.2) is 0 Å². The average molecular weight is 242 g/mol. The van der Waals surface area contributed by atoms with Crippen LogP contribution in [0.25, 0.3) is 0 Å². The van der Waals surface area contributed by atoms with Gasteiger partial charge in [-0.3, -0.25) is 0 Å². The maximum Gasteiger partial charge on any atom is 0.0877 e. The molecule has 17 heavy (non-hydrogen) atoms. The number of hydrogen-bond acceptors (Lipinski definition) is 4. The third-order valence-corrected chi connectivity index (χ3v) is 3.72. The van der Waals surface area contributed by atoms with Crippen LogP contribution in [0, 0.1) is 0 Å². The molecule has 2 aliphatic heterocycles. The van der Waals surface area contributed by atoms with E-state index >= 15 is 0 Å². The second-order valence-corrected chi connectivity index (χ2v) is 4.96. The largest absolute Gasteiger partial charge is 0.390 e. The van der Waals surface area contributed by atoms with Crippen LogP contribution in [0.5, 0.6) is 0 Å². The lowest BCUT2D eigenvalue weighted by Gasteiger charge is -2.30. The van der Waals surface area contributed by atoms with Gasteiger partial charge in [-0.1, -0.05) is 13.0 Å². The van der Waals surface area contributed by atoms with Crippen molar-refractivity contribution < 1.29 is 19.7 Å². The minimum absolute atomic E-state index is 0.0347. The summed E-state index contributed by atoms with van der Waals surface area (Å²) in [5, 5.41) is 20.0. The monoisotopic (exact) mass is 242 g/mol. The molecular weight excluding hydrogens is 220 g/mol. The predicted molar refractivity (Wildman–Crippen MR) is 63.7 cm³/mol. The van der Waals surface area contributed by atoms with E-state index in [1.165, 1.54) is 0 Å². The van der Waals surface area contributed by atoms with Gasteiger partial charge in [0.2, 0.25) is 0 Å². The smallest absolute Gasteiger partial charge is 0.0877 e. The molecule has 0 amide bonds. The third kappa shape index (κ3) is 2.71. The van der Waals surface area contributed by atoms with Gasteiger partial charge in [-0.05, 0) is 12.8 Å². The summed E-state index contributed by atoms with van der Waals surface area (Å²) in [5.41, 5.74) is 0. The molecule has 0 aromatic carbocycles. The van der Waals surface area contributed by atoms with Gasteiger partial charge in [0.15, 0.2) is 0 Å². The summed E-state index contributed by atoms with van der Waals surface area (Å²) >= 11 is 0. The molecule has 0 aliphatic carbocycles. The zero-order valence-corrected chi connectivity index (χ0v) is 10.3. The lowest BCUT2D eigenvalue weighted by molar-refractivity contribution is -0.102. The Morgan fingerprint density at radius 1 is 1.12 bits per heavy atom. The van der Waals surface area contributed by atoms with Crippen molar-refractivity contribution in [3.8, 4) is 0 Å². The number of aliphatic hydroxyl groups excluding tert-OH is 2. The van der Waals surface area contributed by atoms with E-state index in [0.29, 0.717) is 12.8 Å². The Kier molecular flexibility index (Phi) is 4.20. The number of rotatable bonds is 3. The Morgan fingerprint density at radius 2 is 1.82 bits per heavy atom. The second-order valence-electron chi connectivity index (χ2n) is 4.96. The van der Waals surface area contributed by atoms with Crippen LogP contribution in [-0.2, 0) is 9.47 Å². The van der Waals surface area contributed by atoms with Gasteiger partial charge in [0, 0.05) is 12.8 Å². The third-order valence-electron chi connectivity index (χ3n) is 3.72. The predicted octanol–water partition coefficient (Wildman–Crippen LogP) is 1.01. The van der Waals surface area contributed by atoms with E-state index in [-0.39, 0.29) is 24.4 Å². The molecule has 0 unspecified atom stereocenters. The second kappa shape index (κ2) is 5.48. The Hall–Kier alpha value is -0.420. The number of fused-ring (bicyclic) bond motifs is 2. The molecule has 0 aromatic rings. The van der Waals surface area contributed by atoms with Crippen LogP contribution in [0.1, 0.15) is 32.6 Å². The zero-order chi connectivity index (χ0) is 12.4. The minimum Gasteiger partial charge on any atom is -0.390 e. The van der Waals surface area contributed by atoms with Gasteiger partial charge in [-0.15, -0.1) is 6.58 Å². The fourth-order valence-corrected chi connectivity index (χ4v) is 2.75. The Labute approximate surface area is 102 Å². The highest BCUT2D eigenvalue weighted by Gasteiger charge is 2.43. The Balaban J connectivity index is 2.11. The van der Waals surface area contributed by atoms with E-state index in [4.69, 9.17) is 9.47 Å². The van der Waals surface area contributed by atoms with Crippen molar-refractivity contribution >= 4 is 0 Å². The van der Waals surface area contributed by atoms with E-state index in [9.17, 15) is 10.2 Å². The molecule has 2 fully saturated rings. The molecule has 4 heteroatoms. The summed E-state index contributed by atoms with van der Waals surface area (Å²) in [5.74, 6) is 0. The van der Waals surface area contributed by atoms with Crippen molar-refractivity contribution in [3.05, 3.63) is 12.7 Å². The maximum absolute atomic E-state index is 10.0. The topological polar surface area (TPSA) is 58.9 Å². The minimum atomic E-state index is -0.605. The summed E-state index contributed by atoms with van der Waals surface area (Å²) in [7, 11) is 0. The number of aliphatic hydroxyl groups is 2. The van der Waals surface area contributed by atoms with Crippen LogP contribution >= 0.6 is 0 Å². The molecule has 2 heterocycles. The average Bonchev–Trinajstić information content (AvgIpc) is 2.69. The van der Waals surface area contributed by atoms with Crippen LogP contribution in [0.3, 0.4) is 0 Å². The fraction of sp³-hybridized carbons (Fsp3) is 0.846. The normalized spacial score (nSPS) is 46.3. The van der Waals surface area contributed by atoms with E-state index < -0.39 is 12.2 Å². The van der Waals surface area contributed by atoms with Crippen LogP contribution in [0.2, 0.25) is 0 Å². The van der Waals surface area contributed by atoms with Crippen LogP contribution in [-0.4, -0.2) is 46.8 Å². The molecule has 0 spiro atoms. The van der Waals surface area contributed by atoms with E-state index in [1.54, 1.807) is 0 Å². The van der Waals surface area contributed by atoms with Crippen LogP contribution in [0.4, 0.5) is 0 Å². The summed E-state index contributed by atoms with van der Waals surface area (Å²) in [6.45, 7) is 5.69. The van der Waals surface area contributed by atoms with Crippen molar-refractivity contribution in [2.24, 2.45) is 0 Å².